The van der Waals surface area contributed by atoms with Crippen molar-refractivity contribution in [2.24, 2.45) is 0 Å². The average Bonchev–Trinajstić information content (AvgIpc) is 3.00. The minimum atomic E-state index is -1.68. The second kappa shape index (κ2) is 7.76. The molecular weight excluding hydrogens is 432 g/mol. The highest BCUT2D eigenvalue weighted by Gasteiger charge is 2.44. The van der Waals surface area contributed by atoms with Gasteiger partial charge in [-0.25, -0.2) is 0 Å². The van der Waals surface area contributed by atoms with Gasteiger partial charge in [-0.1, -0.05) is 0 Å². The smallest absolute Gasteiger partial charge is 0.239 e. The van der Waals surface area contributed by atoms with E-state index in [-0.39, 0.29) is 11.1 Å². The van der Waals surface area contributed by atoms with Gasteiger partial charge >= 0.3 is 0 Å². The maximum absolute atomic E-state index is 13.2. The fourth-order valence-corrected chi connectivity index (χ4v) is 3.38. The summed E-state index contributed by atoms with van der Waals surface area (Å²) in [6.45, 7) is -0.656. The normalized spacial score (nSPS) is 23.0. The van der Waals surface area contributed by atoms with Crippen LogP contribution in [0.15, 0.2) is 33.5 Å². The Morgan fingerprint density at radius 3 is 2.16 bits per heavy atom. The van der Waals surface area contributed by atoms with Gasteiger partial charge in [-0.3, -0.25) is 4.79 Å². The van der Waals surface area contributed by atoms with Crippen molar-refractivity contribution in [3.8, 4) is 45.8 Å². The van der Waals surface area contributed by atoms with Crippen LogP contribution in [-0.2, 0) is 4.74 Å². The molecule has 0 amide bonds. The van der Waals surface area contributed by atoms with Crippen LogP contribution < -0.4 is 10.2 Å². The summed E-state index contributed by atoms with van der Waals surface area (Å²) in [6, 6.07) is 3.78. The highest BCUT2D eigenvalue weighted by Crippen LogP contribution is 2.43. The molecule has 1 fully saturated rings. The van der Waals surface area contributed by atoms with Gasteiger partial charge < -0.3 is 54.7 Å². The number of aliphatic hydroxyl groups is 3. The van der Waals surface area contributed by atoms with Crippen LogP contribution in [0.25, 0.3) is 22.3 Å². The minimum absolute atomic E-state index is 0.165. The molecule has 1 aromatic heterocycles. The number of aliphatic hydroxyl groups excluding tert-OH is 3. The fraction of sp³-hybridized carbons (Fsp3) is 0.250. The van der Waals surface area contributed by atoms with Crippen molar-refractivity contribution in [1.29, 1.82) is 0 Å². The van der Waals surface area contributed by atoms with Crippen LogP contribution in [-0.4, -0.2) is 72.1 Å². The van der Waals surface area contributed by atoms with Crippen molar-refractivity contribution in [2.45, 2.75) is 24.6 Å². The van der Waals surface area contributed by atoms with Crippen LogP contribution in [0.5, 0.6) is 34.5 Å². The summed E-state index contributed by atoms with van der Waals surface area (Å²) < 4.78 is 16.3. The summed E-state index contributed by atoms with van der Waals surface area (Å²) in [4.78, 5) is 13.2. The third kappa shape index (κ3) is 3.40. The number of benzene rings is 2. The number of fused-ring (bicyclic) bond motifs is 1. The lowest BCUT2D eigenvalue weighted by Crippen LogP contribution is -2.36. The zero-order valence-electron chi connectivity index (χ0n) is 16.0. The largest absolute Gasteiger partial charge is 0.508 e. The number of rotatable bonds is 4. The first-order chi connectivity index (χ1) is 15.1. The van der Waals surface area contributed by atoms with Gasteiger partial charge in [0.1, 0.15) is 40.8 Å². The quantitative estimate of drug-likeness (QED) is 0.243. The van der Waals surface area contributed by atoms with E-state index >= 15 is 0 Å². The van der Waals surface area contributed by atoms with Gasteiger partial charge in [-0.2, -0.15) is 0 Å². The first-order valence-electron chi connectivity index (χ1n) is 9.19. The number of aromatic hydroxyl groups is 5. The molecule has 2 heterocycles. The van der Waals surface area contributed by atoms with Gasteiger partial charge in [0.05, 0.1) is 6.61 Å². The summed E-state index contributed by atoms with van der Waals surface area (Å²) in [6.07, 6.45) is -6.06. The van der Waals surface area contributed by atoms with Crippen molar-refractivity contribution >= 4 is 11.0 Å². The van der Waals surface area contributed by atoms with E-state index in [4.69, 9.17) is 13.9 Å². The third-order valence-corrected chi connectivity index (χ3v) is 4.98. The molecule has 4 unspecified atom stereocenters. The Hall–Kier alpha value is -3.71. The molecule has 0 aliphatic carbocycles. The molecular formula is C20H18O12. The summed E-state index contributed by atoms with van der Waals surface area (Å²) >= 11 is 0. The molecule has 0 spiro atoms. The lowest BCUT2D eigenvalue weighted by atomic mass is 10.1. The van der Waals surface area contributed by atoms with Crippen LogP contribution in [0, 0.1) is 0 Å². The molecule has 0 radical (unpaired) electrons. The van der Waals surface area contributed by atoms with E-state index in [1.807, 2.05) is 0 Å². The molecule has 170 valence electrons. The predicted molar refractivity (Wildman–Crippen MR) is 105 cm³/mol. The van der Waals surface area contributed by atoms with Crippen molar-refractivity contribution in [2.75, 3.05) is 6.61 Å². The summed E-state index contributed by atoms with van der Waals surface area (Å²) in [7, 11) is 0. The first-order valence-corrected chi connectivity index (χ1v) is 9.19. The topological polar surface area (TPSA) is 211 Å². The lowest BCUT2D eigenvalue weighted by molar-refractivity contribution is -0.117. The van der Waals surface area contributed by atoms with Crippen LogP contribution in [0.3, 0.4) is 0 Å². The van der Waals surface area contributed by atoms with E-state index in [0.717, 1.165) is 24.3 Å². The molecule has 1 saturated heterocycles. The van der Waals surface area contributed by atoms with Crippen molar-refractivity contribution in [3.05, 3.63) is 34.5 Å². The molecule has 2 aromatic carbocycles. The van der Waals surface area contributed by atoms with Gasteiger partial charge in [0.25, 0.3) is 0 Å². The Kier molecular flexibility index (Phi) is 5.22. The second-order valence-corrected chi connectivity index (χ2v) is 7.12. The molecule has 1 aliphatic rings. The molecule has 8 N–H and O–H groups in total. The van der Waals surface area contributed by atoms with E-state index in [1.165, 1.54) is 0 Å². The molecule has 32 heavy (non-hydrogen) atoms. The zero-order valence-corrected chi connectivity index (χ0v) is 16.0. The van der Waals surface area contributed by atoms with Gasteiger partial charge in [-0.05, 0) is 12.1 Å². The number of ether oxygens (including phenoxy) is 2. The second-order valence-electron chi connectivity index (χ2n) is 7.12. The molecule has 1 aliphatic heterocycles. The molecule has 3 aromatic rings. The number of hydrogen-bond donors (Lipinski definition) is 8. The Bertz CT molecular complexity index is 1230. The van der Waals surface area contributed by atoms with Gasteiger partial charge in [0.2, 0.25) is 17.5 Å². The zero-order chi connectivity index (χ0) is 23.3. The standard InChI is InChI=1S/C20H18O12/c21-5-12-15(27)17(29)20(31-12)32-19-16(28)13-8(23)3-7(22)4-11(13)30-18(19)6-1-9(24)14(26)10(25)2-6/h1-4,12,15,17,20-27,29H,5H2. The van der Waals surface area contributed by atoms with Crippen LogP contribution in [0.2, 0.25) is 0 Å². The van der Waals surface area contributed by atoms with Gasteiger partial charge in [-0.15, -0.1) is 0 Å². The Morgan fingerprint density at radius 2 is 1.56 bits per heavy atom. The minimum Gasteiger partial charge on any atom is -0.508 e. The fourth-order valence-electron chi connectivity index (χ4n) is 3.38. The van der Waals surface area contributed by atoms with Crippen molar-refractivity contribution in [1.82, 2.24) is 0 Å². The lowest BCUT2D eigenvalue weighted by Gasteiger charge is -2.19. The molecule has 0 saturated carbocycles. The molecule has 12 nitrogen and oxygen atoms in total. The average molecular weight is 450 g/mol. The number of phenols is 5. The SMILES string of the molecule is O=c1c(OC2OC(CO)C(O)C2O)c(-c2cc(O)c(O)c(O)c2)oc2cc(O)cc(O)c12. The monoisotopic (exact) mass is 450 g/mol. The van der Waals surface area contributed by atoms with Crippen molar-refractivity contribution < 1.29 is 54.7 Å². The Labute approximate surface area is 178 Å². The summed E-state index contributed by atoms with van der Waals surface area (Å²) in [5.41, 5.74) is -1.44. The molecule has 0 bridgehead atoms. The predicted octanol–water partition coefficient (Wildman–Crippen LogP) is -0.194. The van der Waals surface area contributed by atoms with E-state index in [9.17, 15) is 45.6 Å². The molecule has 4 rings (SSSR count). The van der Waals surface area contributed by atoms with Crippen LogP contribution in [0.4, 0.5) is 0 Å². The molecule has 12 heteroatoms. The Balaban J connectivity index is 1.95. The third-order valence-electron chi connectivity index (χ3n) is 4.98. The van der Waals surface area contributed by atoms with E-state index in [1.54, 1.807) is 0 Å². The first kappa shape index (κ1) is 21.5. The molecule has 4 atom stereocenters. The number of phenolic OH excluding ortho intramolecular Hbond substituents is 5. The summed E-state index contributed by atoms with van der Waals surface area (Å²) in [5.74, 6) is -4.53. The highest BCUT2D eigenvalue weighted by molar-refractivity contribution is 5.88. The highest BCUT2D eigenvalue weighted by atomic mass is 16.7. The number of hydrogen-bond acceptors (Lipinski definition) is 12. The van der Waals surface area contributed by atoms with E-state index in [0.29, 0.717) is 0 Å². The maximum Gasteiger partial charge on any atom is 0.239 e. The van der Waals surface area contributed by atoms with Crippen molar-refractivity contribution in [3.63, 3.8) is 0 Å². The van der Waals surface area contributed by atoms with Crippen LogP contribution >= 0.6 is 0 Å². The summed E-state index contributed by atoms with van der Waals surface area (Å²) in [5, 5.41) is 78.1. The van der Waals surface area contributed by atoms with Gasteiger partial charge in [0.15, 0.2) is 23.0 Å². The van der Waals surface area contributed by atoms with E-state index < -0.39 is 82.3 Å². The van der Waals surface area contributed by atoms with Crippen LogP contribution in [0.1, 0.15) is 0 Å². The maximum atomic E-state index is 13.2. The van der Waals surface area contributed by atoms with Gasteiger partial charge in [0, 0.05) is 17.7 Å². The van der Waals surface area contributed by atoms with E-state index in [2.05, 4.69) is 0 Å². The Morgan fingerprint density at radius 1 is 0.906 bits per heavy atom.